The summed E-state index contributed by atoms with van der Waals surface area (Å²) in [5.41, 5.74) is 1.04. The zero-order chi connectivity index (χ0) is 26.3. The van der Waals surface area contributed by atoms with Gasteiger partial charge < -0.3 is 15.0 Å². The van der Waals surface area contributed by atoms with E-state index in [4.69, 9.17) is 16.3 Å². The summed E-state index contributed by atoms with van der Waals surface area (Å²) in [6.07, 6.45) is 5.01. The van der Waals surface area contributed by atoms with E-state index in [9.17, 15) is 18.0 Å². The number of hydrogen-bond acceptors (Lipinski definition) is 5. The van der Waals surface area contributed by atoms with E-state index in [1.807, 2.05) is 0 Å². The van der Waals surface area contributed by atoms with E-state index in [1.54, 1.807) is 62.4 Å². The number of rotatable bonds is 11. The van der Waals surface area contributed by atoms with Crippen LogP contribution in [-0.4, -0.2) is 56.6 Å². The molecule has 36 heavy (non-hydrogen) atoms. The zero-order valence-corrected chi connectivity index (χ0v) is 22.5. The molecule has 0 spiro atoms. The van der Waals surface area contributed by atoms with E-state index in [-0.39, 0.29) is 24.2 Å². The first kappa shape index (κ1) is 27.8. The van der Waals surface area contributed by atoms with Crippen LogP contribution in [0.2, 0.25) is 5.02 Å². The smallest absolute Gasteiger partial charge is 0.244 e. The van der Waals surface area contributed by atoms with Crippen molar-refractivity contribution >= 4 is 39.1 Å². The number of benzene rings is 2. The molecule has 2 aromatic rings. The van der Waals surface area contributed by atoms with Crippen LogP contribution in [0.15, 0.2) is 48.5 Å². The number of para-hydroxylation sites is 2. The van der Waals surface area contributed by atoms with Gasteiger partial charge in [0.2, 0.25) is 21.8 Å². The van der Waals surface area contributed by atoms with E-state index < -0.39 is 28.5 Å². The van der Waals surface area contributed by atoms with Gasteiger partial charge in [-0.05, 0) is 56.5 Å². The van der Waals surface area contributed by atoms with Crippen LogP contribution < -0.4 is 14.4 Å². The van der Waals surface area contributed by atoms with E-state index >= 15 is 0 Å². The molecule has 1 aliphatic carbocycles. The first-order chi connectivity index (χ1) is 17.1. The maximum Gasteiger partial charge on any atom is 0.244 e. The highest BCUT2D eigenvalue weighted by molar-refractivity contribution is 7.92. The summed E-state index contributed by atoms with van der Waals surface area (Å²) in [4.78, 5) is 28.2. The summed E-state index contributed by atoms with van der Waals surface area (Å²) in [5, 5.41) is 3.60. The van der Waals surface area contributed by atoms with E-state index in [1.165, 1.54) is 4.90 Å². The van der Waals surface area contributed by atoms with Crippen LogP contribution >= 0.6 is 11.6 Å². The predicted molar refractivity (Wildman–Crippen MR) is 142 cm³/mol. The highest BCUT2D eigenvalue weighted by atomic mass is 35.5. The minimum absolute atomic E-state index is 0.0954. The van der Waals surface area contributed by atoms with Crippen LogP contribution in [-0.2, 0) is 26.2 Å². The lowest BCUT2D eigenvalue weighted by atomic mass is 10.1. The van der Waals surface area contributed by atoms with Crippen LogP contribution in [0.25, 0.3) is 0 Å². The topological polar surface area (TPSA) is 96.0 Å². The second-order valence-corrected chi connectivity index (χ2v) is 11.3. The number of ether oxygens (including phenoxy) is 1. The SMILES string of the molecule is CCOc1ccccc1N(CC(=O)N(Cc1ccc(Cl)cc1)C(C)C(=O)NC1CCCC1)S(C)(=O)=O. The maximum absolute atomic E-state index is 13.7. The molecular weight excluding hydrogens is 502 g/mol. The molecule has 0 bridgehead atoms. The number of hydrogen-bond donors (Lipinski definition) is 1. The Hall–Kier alpha value is -2.78. The Morgan fingerprint density at radius 2 is 1.75 bits per heavy atom. The van der Waals surface area contributed by atoms with Crippen LogP contribution in [0.3, 0.4) is 0 Å². The number of sulfonamides is 1. The average Bonchev–Trinajstić information content (AvgIpc) is 3.34. The van der Waals surface area contributed by atoms with Crippen LogP contribution in [0.4, 0.5) is 5.69 Å². The van der Waals surface area contributed by atoms with Crippen molar-refractivity contribution < 1.29 is 22.7 Å². The molecule has 8 nitrogen and oxygen atoms in total. The third kappa shape index (κ3) is 7.36. The highest BCUT2D eigenvalue weighted by Crippen LogP contribution is 2.30. The Bertz CT molecular complexity index is 1150. The molecule has 1 fully saturated rings. The molecule has 1 unspecified atom stereocenters. The molecule has 0 heterocycles. The Balaban J connectivity index is 1.90. The molecule has 3 rings (SSSR count). The second-order valence-electron chi connectivity index (χ2n) is 8.98. The Kier molecular flexibility index (Phi) is 9.62. The molecule has 1 atom stereocenters. The van der Waals surface area contributed by atoms with Gasteiger partial charge in [0.15, 0.2) is 0 Å². The van der Waals surface area contributed by atoms with Crippen LogP contribution in [0.5, 0.6) is 5.75 Å². The molecule has 10 heteroatoms. The lowest BCUT2D eigenvalue weighted by Gasteiger charge is -2.32. The molecule has 1 N–H and O–H groups in total. The molecule has 1 saturated carbocycles. The Morgan fingerprint density at radius 3 is 2.36 bits per heavy atom. The second kappa shape index (κ2) is 12.5. The minimum atomic E-state index is -3.84. The van der Waals surface area contributed by atoms with Gasteiger partial charge in [-0.2, -0.15) is 0 Å². The summed E-state index contributed by atoms with van der Waals surface area (Å²) < 4.78 is 32.2. The predicted octanol–water partition coefficient (Wildman–Crippen LogP) is 3.98. The number of anilines is 1. The van der Waals surface area contributed by atoms with Gasteiger partial charge in [0, 0.05) is 17.6 Å². The normalized spacial score (nSPS) is 14.8. The molecule has 196 valence electrons. The van der Waals surface area contributed by atoms with Gasteiger partial charge in [-0.25, -0.2) is 8.42 Å². The highest BCUT2D eigenvalue weighted by Gasteiger charge is 2.32. The van der Waals surface area contributed by atoms with Gasteiger partial charge in [-0.15, -0.1) is 0 Å². The molecule has 2 amide bonds. The van der Waals surface area contributed by atoms with Crippen molar-refractivity contribution in [2.75, 3.05) is 23.7 Å². The monoisotopic (exact) mass is 535 g/mol. The Morgan fingerprint density at radius 1 is 1.11 bits per heavy atom. The summed E-state index contributed by atoms with van der Waals surface area (Å²) >= 11 is 6.02. The molecule has 2 aromatic carbocycles. The fourth-order valence-electron chi connectivity index (χ4n) is 4.30. The number of nitrogens with one attached hydrogen (secondary N) is 1. The summed E-state index contributed by atoms with van der Waals surface area (Å²) in [7, 11) is -3.84. The number of amides is 2. The molecule has 0 aromatic heterocycles. The van der Waals surface area contributed by atoms with Gasteiger partial charge in [0.05, 0.1) is 18.6 Å². The molecule has 0 radical (unpaired) electrons. The number of carbonyl (C=O) groups excluding carboxylic acids is 2. The standard InChI is InChI=1S/C26H34ClN3O5S/c1-4-35-24-12-8-7-11-23(24)30(36(3,33)34)18-25(31)29(17-20-13-15-21(27)16-14-20)19(2)26(32)28-22-9-5-6-10-22/h7-8,11-16,19,22H,4-6,9-10,17-18H2,1-3H3,(H,28,32). The fraction of sp³-hybridized carbons (Fsp3) is 0.462. The first-order valence-corrected chi connectivity index (χ1v) is 14.4. The summed E-state index contributed by atoms with van der Waals surface area (Å²) in [6, 6.07) is 12.9. The summed E-state index contributed by atoms with van der Waals surface area (Å²) in [5.74, 6) is -0.407. The third-order valence-electron chi connectivity index (χ3n) is 6.25. The van der Waals surface area contributed by atoms with Crippen LogP contribution in [0.1, 0.15) is 45.1 Å². The van der Waals surface area contributed by atoms with E-state index in [0.29, 0.717) is 17.4 Å². The van der Waals surface area contributed by atoms with Gasteiger partial charge in [-0.3, -0.25) is 13.9 Å². The average molecular weight is 536 g/mol. The number of nitrogens with zero attached hydrogens (tertiary/aromatic N) is 2. The third-order valence-corrected chi connectivity index (χ3v) is 7.63. The number of halogens is 1. The van der Waals surface area contributed by atoms with E-state index in [0.717, 1.165) is 41.8 Å². The van der Waals surface area contributed by atoms with Crippen molar-refractivity contribution in [1.82, 2.24) is 10.2 Å². The van der Waals surface area contributed by atoms with Gasteiger partial charge in [0.1, 0.15) is 18.3 Å². The van der Waals surface area contributed by atoms with Gasteiger partial charge in [-0.1, -0.05) is 48.7 Å². The van der Waals surface area contributed by atoms with E-state index in [2.05, 4.69) is 5.32 Å². The zero-order valence-electron chi connectivity index (χ0n) is 20.9. The minimum Gasteiger partial charge on any atom is -0.492 e. The molecule has 1 aliphatic rings. The van der Waals surface area contributed by atoms with Crippen molar-refractivity contribution in [3.05, 3.63) is 59.1 Å². The quantitative estimate of drug-likeness (QED) is 0.469. The fourth-order valence-corrected chi connectivity index (χ4v) is 5.28. The summed E-state index contributed by atoms with van der Waals surface area (Å²) in [6.45, 7) is 3.45. The lowest BCUT2D eigenvalue weighted by molar-refractivity contribution is -0.139. The maximum atomic E-state index is 13.7. The van der Waals surface area contributed by atoms with Crippen molar-refractivity contribution in [3.63, 3.8) is 0 Å². The molecule has 0 aliphatic heterocycles. The van der Waals surface area contributed by atoms with Gasteiger partial charge >= 0.3 is 0 Å². The largest absolute Gasteiger partial charge is 0.492 e. The van der Waals surface area contributed by atoms with Gasteiger partial charge in [0.25, 0.3) is 0 Å². The first-order valence-electron chi connectivity index (χ1n) is 12.1. The molecule has 0 saturated heterocycles. The van der Waals surface area contributed by atoms with Crippen molar-refractivity contribution in [2.45, 2.75) is 58.2 Å². The number of carbonyl (C=O) groups is 2. The van der Waals surface area contributed by atoms with Crippen molar-refractivity contribution in [1.29, 1.82) is 0 Å². The van der Waals surface area contributed by atoms with Crippen molar-refractivity contribution in [3.8, 4) is 5.75 Å². The Labute approximate surface area is 218 Å². The lowest BCUT2D eigenvalue weighted by Crippen LogP contribution is -2.52. The van der Waals surface area contributed by atoms with Crippen LogP contribution in [0, 0.1) is 0 Å². The van der Waals surface area contributed by atoms with Crippen molar-refractivity contribution in [2.24, 2.45) is 0 Å². The molecular formula is C26H34ClN3O5S.